The summed E-state index contributed by atoms with van der Waals surface area (Å²) in [7, 11) is 0. The van der Waals surface area contributed by atoms with Gasteiger partial charge < -0.3 is 15.5 Å². The van der Waals surface area contributed by atoms with Gasteiger partial charge in [0, 0.05) is 5.92 Å². The van der Waals surface area contributed by atoms with E-state index in [0.29, 0.717) is 0 Å². The van der Waals surface area contributed by atoms with Crippen molar-refractivity contribution in [2.75, 3.05) is 13.2 Å². The first-order valence-corrected chi connectivity index (χ1v) is 5.76. The Morgan fingerprint density at radius 3 is 1.88 bits per heavy atom. The summed E-state index contributed by atoms with van der Waals surface area (Å²) in [5.41, 5.74) is -0.131. The lowest BCUT2D eigenvalue weighted by Gasteiger charge is -2.33. The van der Waals surface area contributed by atoms with Crippen LogP contribution in [-0.2, 0) is 4.79 Å². The minimum absolute atomic E-state index is 0.101. The van der Waals surface area contributed by atoms with Gasteiger partial charge in [0.15, 0.2) is 0 Å². The van der Waals surface area contributed by atoms with Crippen molar-refractivity contribution in [2.24, 2.45) is 17.3 Å². The quantitative estimate of drug-likeness (QED) is 0.654. The molecule has 0 spiro atoms. The second kappa shape index (κ2) is 6.21. The highest BCUT2D eigenvalue weighted by Crippen LogP contribution is 2.32. The van der Waals surface area contributed by atoms with E-state index in [2.05, 4.69) is 5.32 Å². The molecule has 3 N–H and O–H groups in total. The number of aliphatic hydroxyl groups is 2. The molecule has 4 heteroatoms. The van der Waals surface area contributed by atoms with Crippen LogP contribution < -0.4 is 5.32 Å². The predicted molar refractivity (Wildman–Crippen MR) is 63.9 cm³/mol. The van der Waals surface area contributed by atoms with E-state index in [4.69, 9.17) is 10.2 Å². The third-order valence-corrected chi connectivity index (χ3v) is 2.67. The van der Waals surface area contributed by atoms with E-state index in [9.17, 15) is 4.79 Å². The van der Waals surface area contributed by atoms with E-state index >= 15 is 0 Å². The van der Waals surface area contributed by atoms with Gasteiger partial charge in [-0.3, -0.25) is 4.79 Å². The molecule has 0 aromatic rings. The highest BCUT2D eigenvalue weighted by molar-refractivity contribution is 5.80. The second-order valence-electron chi connectivity index (χ2n) is 5.66. The third kappa shape index (κ3) is 4.49. The van der Waals surface area contributed by atoms with Crippen molar-refractivity contribution in [1.29, 1.82) is 0 Å². The highest BCUT2D eigenvalue weighted by Gasteiger charge is 2.34. The zero-order valence-corrected chi connectivity index (χ0v) is 10.9. The van der Waals surface area contributed by atoms with Gasteiger partial charge in [-0.05, 0) is 11.3 Å². The molecular weight excluding hydrogens is 206 g/mol. The monoisotopic (exact) mass is 231 g/mol. The molecule has 0 fully saturated rings. The van der Waals surface area contributed by atoms with Gasteiger partial charge in [0.25, 0.3) is 0 Å². The summed E-state index contributed by atoms with van der Waals surface area (Å²) in [6.07, 6.45) is 0. The average Bonchev–Trinajstić information content (AvgIpc) is 2.10. The summed E-state index contributed by atoms with van der Waals surface area (Å²) < 4.78 is 0. The minimum atomic E-state index is -0.559. The molecule has 0 aliphatic rings. The largest absolute Gasteiger partial charge is 0.394 e. The van der Waals surface area contributed by atoms with Crippen LogP contribution in [-0.4, -0.2) is 35.4 Å². The number of carbonyl (C=O) groups is 1. The van der Waals surface area contributed by atoms with Gasteiger partial charge in [0.05, 0.1) is 19.3 Å². The number of nitrogens with one attached hydrogen (secondary N) is 1. The van der Waals surface area contributed by atoms with E-state index < -0.39 is 6.04 Å². The lowest BCUT2D eigenvalue weighted by atomic mass is 9.73. The molecule has 0 aromatic carbocycles. The molecule has 0 saturated carbocycles. The van der Waals surface area contributed by atoms with Gasteiger partial charge in [-0.15, -0.1) is 0 Å². The Morgan fingerprint density at radius 2 is 1.62 bits per heavy atom. The van der Waals surface area contributed by atoms with Crippen LogP contribution in [0, 0.1) is 17.3 Å². The van der Waals surface area contributed by atoms with Crippen molar-refractivity contribution in [2.45, 2.75) is 40.7 Å². The first-order chi connectivity index (χ1) is 7.23. The van der Waals surface area contributed by atoms with Crippen LogP contribution in [0.3, 0.4) is 0 Å². The van der Waals surface area contributed by atoms with Crippen molar-refractivity contribution < 1.29 is 15.0 Å². The number of carbonyl (C=O) groups excluding carboxylic acids is 1. The molecule has 4 nitrogen and oxygen atoms in total. The van der Waals surface area contributed by atoms with Crippen molar-refractivity contribution in [3.8, 4) is 0 Å². The lowest BCUT2D eigenvalue weighted by Crippen LogP contribution is -2.47. The van der Waals surface area contributed by atoms with Gasteiger partial charge in [0.1, 0.15) is 0 Å². The molecule has 0 rings (SSSR count). The summed E-state index contributed by atoms with van der Waals surface area (Å²) in [5, 5.41) is 20.5. The molecule has 1 amide bonds. The molecule has 0 aromatic heterocycles. The second-order valence-corrected chi connectivity index (χ2v) is 5.66. The molecule has 0 saturated heterocycles. The Hall–Kier alpha value is -0.610. The average molecular weight is 231 g/mol. The Bertz CT molecular complexity index is 217. The van der Waals surface area contributed by atoms with E-state index in [1.165, 1.54) is 0 Å². The van der Waals surface area contributed by atoms with Crippen LogP contribution in [0.25, 0.3) is 0 Å². The molecule has 0 unspecified atom stereocenters. The van der Waals surface area contributed by atoms with E-state index in [1.807, 2.05) is 34.6 Å². The summed E-state index contributed by atoms with van der Waals surface area (Å²) in [6.45, 7) is 9.58. The Kier molecular flexibility index (Phi) is 5.97. The van der Waals surface area contributed by atoms with Gasteiger partial charge in [0.2, 0.25) is 5.91 Å². The zero-order valence-electron chi connectivity index (χ0n) is 10.9. The van der Waals surface area contributed by atoms with Crippen molar-refractivity contribution in [3.63, 3.8) is 0 Å². The van der Waals surface area contributed by atoms with Crippen molar-refractivity contribution in [3.05, 3.63) is 0 Å². The van der Waals surface area contributed by atoms with Crippen LogP contribution in [0.2, 0.25) is 0 Å². The summed E-state index contributed by atoms with van der Waals surface area (Å²) >= 11 is 0. The Balaban J connectivity index is 4.64. The minimum Gasteiger partial charge on any atom is -0.394 e. The van der Waals surface area contributed by atoms with Gasteiger partial charge >= 0.3 is 0 Å². The normalized spacial score (nSPS) is 14.3. The zero-order chi connectivity index (χ0) is 12.9. The van der Waals surface area contributed by atoms with Gasteiger partial charge in [-0.2, -0.15) is 0 Å². The van der Waals surface area contributed by atoms with E-state index in [0.717, 1.165) is 0 Å². The van der Waals surface area contributed by atoms with Crippen LogP contribution in [0.1, 0.15) is 34.6 Å². The lowest BCUT2D eigenvalue weighted by molar-refractivity contribution is -0.131. The standard InChI is InChI=1S/C12H25NO3/c1-8(2)10(12(3,4)5)11(16)13-9(6-14)7-15/h8-10,14-15H,6-7H2,1-5H3,(H,13,16)/t10-/m1/s1. The molecule has 16 heavy (non-hydrogen) atoms. The summed E-state index contributed by atoms with van der Waals surface area (Å²) in [6, 6.07) is -0.559. The van der Waals surface area contributed by atoms with Crippen LogP contribution >= 0.6 is 0 Å². The Morgan fingerprint density at radius 1 is 1.19 bits per heavy atom. The fourth-order valence-electron chi connectivity index (χ4n) is 2.14. The van der Waals surface area contributed by atoms with Crippen molar-refractivity contribution >= 4 is 5.91 Å². The number of hydrogen-bond donors (Lipinski definition) is 3. The molecule has 0 aliphatic carbocycles. The van der Waals surface area contributed by atoms with E-state index in [-0.39, 0.29) is 36.4 Å². The number of aliphatic hydroxyl groups excluding tert-OH is 2. The first kappa shape index (κ1) is 15.4. The van der Waals surface area contributed by atoms with Crippen LogP contribution in [0.15, 0.2) is 0 Å². The maximum Gasteiger partial charge on any atom is 0.224 e. The number of hydrogen-bond acceptors (Lipinski definition) is 3. The topological polar surface area (TPSA) is 69.6 Å². The van der Waals surface area contributed by atoms with Crippen molar-refractivity contribution in [1.82, 2.24) is 5.32 Å². The molecule has 0 aliphatic heterocycles. The van der Waals surface area contributed by atoms with Gasteiger partial charge in [-0.25, -0.2) is 0 Å². The van der Waals surface area contributed by atoms with Crippen LogP contribution in [0.5, 0.6) is 0 Å². The maximum absolute atomic E-state index is 12.0. The molecule has 1 atom stereocenters. The molecule has 96 valence electrons. The molecular formula is C12H25NO3. The smallest absolute Gasteiger partial charge is 0.224 e. The SMILES string of the molecule is CC(C)[C@H](C(=O)NC(CO)CO)C(C)(C)C. The van der Waals surface area contributed by atoms with E-state index in [1.54, 1.807) is 0 Å². The molecule has 0 heterocycles. The van der Waals surface area contributed by atoms with Gasteiger partial charge in [-0.1, -0.05) is 34.6 Å². The number of amides is 1. The highest BCUT2D eigenvalue weighted by atomic mass is 16.3. The third-order valence-electron chi connectivity index (χ3n) is 2.67. The number of rotatable bonds is 5. The first-order valence-electron chi connectivity index (χ1n) is 5.76. The Labute approximate surface area is 98.1 Å². The fourth-order valence-corrected chi connectivity index (χ4v) is 2.14. The summed E-state index contributed by atoms with van der Waals surface area (Å²) in [5.74, 6) is -0.0123. The predicted octanol–water partition coefficient (Wildman–Crippen LogP) is 0.774. The van der Waals surface area contributed by atoms with Crippen LogP contribution in [0.4, 0.5) is 0 Å². The molecule has 0 bridgehead atoms. The molecule has 0 radical (unpaired) electrons. The fraction of sp³-hybridized carbons (Fsp3) is 0.917. The summed E-state index contributed by atoms with van der Waals surface area (Å²) in [4.78, 5) is 12.0. The maximum atomic E-state index is 12.0.